The molecular weight excluding hydrogens is 262 g/mol. The highest BCUT2D eigenvalue weighted by molar-refractivity contribution is 6.07. The van der Waals surface area contributed by atoms with Crippen LogP contribution in [0.3, 0.4) is 0 Å². The third-order valence-electron chi connectivity index (χ3n) is 2.87. The molecule has 0 spiro atoms. The number of nitrogens with zero attached hydrogens (tertiary/aromatic N) is 1. The predicted molar refractivity (Wildman–Crippen MR) is 91.3 cm³/mol. The summed E-state index contributed by atoms with van der Waals surface area (Å²) >= 11 is 0. The average molecular weight is 287 g/mol. The quantitative estimate of drug-likeness (QED) is 0.910. The molecule has 0 saturated heterocycles. The van der Waals surface area contributed by atoms with E-state index in [1.165, 1.54) is 0 Å². The number of rotatable bonds is 3. The highest BCUT2D eigenvalue weighted by Crippen LogP contribution is 2.24. The van der Waals surface area contributed by atoms with Crippen LogP contribution >= 0.6 is 0 Å². The van der Waals surface area contributed by atoms with Gasteiger partial charge in [-0.1, -0.05) is 46.1 Å². The van der Waals surface area contributed by atoms with Gasteiger partial charge in [-0.2, -0.15) is 0 Å². The SMILES string of the molecule is C.C=C(CN)c1cccc2c(C(=O)NC)ccnc12.CC. The molecule has 0 saturated carbocycles. The fraction of sp³-hybridized carbons (Fsp3) is 0.294. The van der Waals surface area contributed by atoms with Crippen LogP contribution in [-0.2, 0) is 0 Å². The number of para-hydroxylation sites is 1. The van der Waals surface area contributed by atoms with E-state index < -0.39 is 0 Å². The minimum atomic E-state index is -0.127. The predicted octanol–water partition coefficient (Wildman–Crippen LogP) is 3.23. The number of hydrogen-bond donors (Lipinski definition) is 2. The lowest BCUT2D eigenvalue weighted by molar-refractivity contribution is 0.0964. The van der Waals surface area contributed by atoms with E-state index in [1.54, 1.807) is 19.3 Å². The molecule has 1 heterocycles. The molecule has 0 bridgehead atoms. The molecule has 0 fully saturated rings. The smallest absolute Gasteiger partial charge is 0.251 e. The number of hydrogen-bond acceptors (Lipinski definition) is 3. The maximum absolute atomic E-state index is 11.8. The molecule has 0 radical (unpaired) electrons. The van der Waals surface area contributed by atoms with Crippen LogP contribution in [0.25, 0.3) is 16.5 Å². The second kappa shape index (κ2) is 8.87. The van der Waals surface area contributed by atoms with Crippen LogP contribution in [0.2, 0.25) is 0 Å². The second-order valence-electron chi connectivity index (χ2n) is 3.95. The Kier molecular flexibility index (Phi) is 7.94. The summed E-state index contributed by atoms with van der Waals surface area (Å²) in [4.78, 5) is 16.1. The van der Waals surface area contributed by atoms with Gasteiger partial charge in [-0.25, -0.2) is 0 Å². The molecule has 0 atom stereocenters. The summed E-state index contributed by atoms with van der Waals surface area (Å²) in [6, 6.07) is 7.38. The monoisotopic (exact) mass is 287 g/mol. The molecule has 1 aromatic carbocycles. The van der Waals surface area contributed by atoms with Crippen LogP contribution in [0.1, 0.15) is 37.2 Å². The molecular formula is C17H25N3O. The van der Waals surface area contributed by atoms with Gasteiger partial charge in [-0.05, 0) is 11.6 Å². The molecule has 0 aliphatic rings. The number of benzene rings is 1. The van der Waals surface area contributed by atoms with Crippen LogP contribution in [-0.4, -0.2) is 24.5 Å². The Balaban J connectivity index is 0.00000128. The molecule has 3 N–H and O–H groups in total. The number of aromatic nitrogens is 1. The largest absolute Gasteiger partial charge is 0.355 e. The lowest BCUT2D eigenvalue weighted by atomic mass is 10.0. The number of carbonyl (C=O) groups is 1. The fourth-order valence-electron chi connectivity index (χ4n) is 1.90. The van der Waals surface area contributed by atoms with Gasteiger partial charge in [0, 0.05) is 30.7 Å². The van der Waals surface area contributed by atoms with E-state index in [-0.39, 0.29) is 13.3 Å². The van der Waals surface area contributed by atoms with E-state index in [0.29, 0.717) is 12.1 Å². The molecule has 0 aliphatic heterocycles. The highest BCUT2D eigenvalue weighted by Gasteiger charge is 2.11. The van der Waals surface area contributed by atoms with Crippen molar-refractivity contribution < 1.29 is 4.79 Å². The Morgan fingerprint density at radius 1 is 1.29 bits per heavy atom. The molecule has 4 nitrogen and oxygen atoms in total. The van der Waals surface area contributed by atoms with Gasteiger partial charge in [0.25, 0.3) is 5.91 Å². The maximum atomic E-state index is 11.8. The summed E-state index contributed by atoms with van der Waals surface area (Å²) in [7, 11) is 1.61. The lowest BCUT2D eigenvalue weighted by Gasteiger charge is -2.09. The van der Waals surface area contributed by atoms with E-state index in [0.717, 1.165) is 22.0 Å². The van der Waals surface area contributed by atoms with Crippen molar-refractivity contribution in [2.75, 3.05) is 13.6 Å². The zero-order valence-electron chi connectivity index (χ0n) is 12.2. The fourth-order valence-corrected chi connectivity index (χ4v) is 1.90. The van der Waals surface area contributed by atoms with Crippen molar-refractivity contribution in [3.05, 3.63) is 48.2 Å². The van der Waals surface area contributed by atoms with Crippen molar-refractivity contribution in [1.29, 1.82) is 0 Å². The van der Waals surface area contributed by atoms with Crippen molar-refractivity contribution in [3.8, 4) is 0 Å². The van der Waals surface area contributed by atoms with Gasteiger partial charge < -0.3 is 11.1 Å². The van der Waals surface area contributed by atoms with Gasteiger partial charge in [-0.3, -0.25) is 9.78 Å². The number of amides is 1. The summed E-state index contributed by atoms with van der Waals surface area (Å²) in [5.41, 5.74) is 8.67. The number of fused-ring (bicyclic) bond motifs is 1. The standard InChI is InChI=1S/C14H15N3O.C2H6.CH4/c1-9(8-15)10-4-3-5-11-12(14(18)16-2)6-7-17-13(10)11;1-2;/h3-7H,1,8,15H2,2H3,(H,16,18);1-2H3;1H4. The van der Waals surface area contributed by atoms with Crippen molar-refractivity contribution in [1.82, 2.24) is 10.3 Å². The zero-order chi connectivity index (χ0) is 15.1. The van der Waals surface area contributed by atoms with Crippen LogP contribution in [0.4, 0.5) is 0 Å². The van der Waals surface area contributed by atoms with Gasteiger partial charge in [0.05, 0.1) is 11.1 Å². The molecule has 2 rings (SSSR count). The lowest BCUT2D eigenvalue weighted by Crippen LogP contribution is -2.18. The first-order chi connectivity index (χ1) is 9.69. The summed E-state index contributed by atoms with van der Waals surface area (Å²) in [6.45, 7) is 8.29. The minimum absolute atomic E-state index is 0. The molecule has 0 unspecified atom stereocenters. The van der Waals surface area contributed by atoms with Crippen molar-refractivity contribution in [3.63, 3.8) is 0 Å². The van der Waals surface area contributed by atoms with Gasteiger partial charge in [0.15, 0.2) is 0 Å². The Hall–Kier alpha value is -2.20. The molecule has 21 heavy (non-hydrogen) atoms. The topological polar surface area (TPSA) is 68.0 Å². The molecule has 2 aromatic rings. The van der Waals surface area contributed by atoms with Crippen molar-refractivity contribution in [2.24, 2.45) is 5.73 Å². The van der Waals surface area contributed by atoms with E-state index in [9.17, 15) is 4.79 Å². The molecule has 4 heteroatoms. The Labute approximate surface area is 127 Å². The number of nitrogens with one attached hydrogen (secondary N) is 1. The molecule has 1 amide bonds. The summed E-state index contributed by atoms with van der Waals surface area (Å²) in [5.74, 6) is -0.127. The summed E-state index contributed by atoms with van der Waals surface area (Å²) in [6.07, 6.45) is 1.63. The first-order valence-corrected chi connectivity index (χ1v) is 6.67. The third-order valence-corrected chi connectivity index (χ3v) is 2.87. The second-order valence-corrected chi connectivity index (χ2v) is 3.95. The third kappa shape index (κ3) is 3.89. The van der Waals surface area contributed by atoms with Crippen LogP contribution < -0.4 is 11.1 Å². The first-order valence-electron chi connectivity index (χ1n) is 6.67. The van der Waals surface area contributed by atoms with Gasteiger partial charge in [-0.15, -0.1) is 0 Å². The number of nitrogens with two attached hydrogens (primary N) is 1. The van der Waals surface area contributed by atoms with E-state index in [4.69, 9.17) is 5.73 Å². The zero-order valence-corrected chi connectivity index (χ0v) is 12.2. The van der Waals surface area contributed by atoms with Gasteiger partial charge in [0.1, 0.15) is 0 Å². The van der Waals surface area contributed by atoms with Gasteiger partial charge >= 0.3 is 0 Å². The number of pyridine rings is 1. The summed E-state index contributed by atoms with van der Waals surface area (Å²) in [5, 5.41) is 3.43. The Bertz CT molecular complexity index is 565. The van der Waals surface area contributed by atoms with E-state index >= 15 is 0 Å². The Morgan fingerprint density at radius 2 is 1.95 bits per heavy atom. The normalized spacial score (nSPS) is 9.14. The van der Waals surface area contributed by atoms with Crippen molar-refractivity contribution in [2.45, 2.75) is 21.3 Å². The van der Waals surface area contributed by atoms with E-state index in [2.05, 4.69) is 16.9 Å². The number of carbonyl (C=O) groups excluding carboxylic acids is 1. The molecule has 1 aromatic heterocycles. The molecule has 0 aliphatic carbocycles. The van der Waals surface area contributed by atoms with Crippen LogP contribution in [0.5, 0.6) is 0 Å². The first kappa shape index (κ1) is 18.8. The Morgan fingerprint density at radius 3 is 2.52 bits per heavy atom. The highest BCUT2D eigenvalue weighted by atomic mass is 16.1. The summed E-state index contributed by atoms with van der Waals surface area (Å²) < 4.78 is 0. The molecule has 114 valence electrons. The maximum Gasteiger partial charge on any atom is 0.251 e. The van der Waals surface area contributed by atoms with E-state index in [1.807, 2.05) is 32.0 Å². The minimum Gasteiger partial charge on any atom is -0.355 e. The van der Waals surface area contributed by atoms with Gasteiger partial charge in [0.2, 0.25) is 0 Å². The average Bonchev–Trinajstić information content (AvgIpc) is 2.54. The van der Waals surface area contributed by atoms with Crippen LogP contribution in [0.15, 0.2) is 37.0 Å². The van der Waals surface area contributed by atoms with Crippen LogP contribution in [0, 0.1) is 0 Å². The van der Waals surface area contributed by atoms with Crippen molar-refractivity contribution >= 4 is 22.4 Å².